The minimum absolute atomic E-state index is 0.0225. The third-order valence-corrected chi connectivity index (χ3v) is 12.1. The molecule has 2 aromatic rings. The molecule has 2 aliphatic carbocycles. The van der Waals surface area contributed by atoms with E-state index >= 15 is 0 Å². The summed E-state index contributed by atoms with van der Waals surface area (Å²) in [6.07, 6.45) is -10.6. The van der Waals surface area contributed by atoms with Crippen molar-refractivity contribution in [1.29, 1.82) is 0 Å². The summed E-state index contributed by atoms with van der Waals surface area (Å²) in [6.45, 7) is 7.17. The first kappa shape index (κ1) is 45.6. The summed E-state index contributed by atoms with van der Waals surface area (Å²) >= 11 is 0. The van der Waals surface area contributed by atoms with Crippen molar-refractivity contribution in [2.45, 2.75) is 122 Å². The fourth-order valence-corrected chi connectivity index (χ4v) is 9.74. The van der Waals surface area contributed by atoms with Gasteiger partial charge in [-0.15, -0.1) is 0 Å². The minimum atomic E-state index is -2.84. The van der Waals surface area contributed by atoms with Crippen LogP contribution >= 0.6 is 0 Å². The van der Waals surface area contributed by atoms with Gasteiger partial charge in [0.1, 0.15) is 42.0 Å². The second-order valence-electron chi connectivity index (χ2n) is 16.4. The van der Waals surface area contributed by atoms with Crippen LogP contribution in [0, 0.1) is 17.3 Å². The number of benzene rings is 1. The van der Waals surface area contributed by atoms with Gasteiger partial charge in [-0.3, -0.25) is 33.8 Å². The molecule has 19 nitrogen and oxygen atoms in total. The maximum atomic E-state index is 14.4. The van der Waals surface area contributed by atoms with Crippen LogP contribution in [0.2, 0.25) is 0 Å². The first-order chi connectivity index (χ1) is 29.1. The number of cyclic esters (lactones) is 1. The maximum Gasteiger partial charge on any atom is 0.340 e. The van der Waals surface area contributed by atoms with Crippen LogP contribution in [0.5, 0.6) is 0 Å². The monoisotopic (exact) mass is 867 g/mol. The lowest BCUT2D eigenvalue weighted by atomic mass is 9.45. The number of esters is 8. The molecule has 4 aliphatic rings. The second kappa shape index (κ2) is 17.1. The summed E-state index contributed by atoms with van der Waals surface area (Å²) in [6, 6.07) is 10.4. The van der Waals surface area contributed by atoms with E-state index in [4.69, 9.17) is 42.6 Å². The summed E-state index contributed by atoms with van der Waals surface area (Å²) in [7, 11) is 0. The predicted molar refractivity (Wildman–Crippen MR) is 205 cm³/mol. The Morgan fingerprint density at radius 3 is 1.98 bits per heavy atom. The SMILES string of the molecule is CC(=O)OC[C@]12[C@H](OC(C)=O)[C@@H](OC(C)=O)[C@@H]3[C@@H](OC(C)=O)[C@@]14O[C@@]3(C)COC(=O)c1cccnc1CC[C@H](C)C(=O)O[C@@H]([C@H](OC(C)=O)[C@@H]2OC(=O)c1ccccc1)[C@]4(C)O. The zero-order chi connectivity index (χ0) is 45.5. The Morgan fingerprint density at radius 2 is 1.37 bits per heavy atom. The van der Waals surface area contributed by atoms with Crippen molar-refractivity contribution in [1.82, 2.24) is 4.98 Å². The average molecular weight is 868 g/mol. The molecule has 1 aromatic heterocycles. The molecule has 3 fully saturated rings. The molecule has 62 heavy (non-hydrogen) atoms. The highest BCUT2D eigenvalue weighted by molar-refractivity contribution is 5.91. The zero-order valence-electron chi connectivity index (χ0n) is 35.4. The molecule has 1 spiro atoms. The third-order valence-electron chi connectivity index (χ3n) is 12.1. The van der Waals surface area contributed by atoms with Crippen LogP contribution in [0.15, 0.2) is 48.7 Å². The Hall–Kier alpha value is -5.95. The van der Waals surface area contributed by atoms with Gasteiger partial charge < -0.3 is 47.7 Å². The van der Waals surface area contributed by atoms with Crippen molar-refractivity contribution in [3.63, 3.8) is 0 Å². The van der Waals surface area contributed by atoms with Gasteiger partial charge in [0.15, 0.2) is 30.0 Å². The smallest absolute Gasteiger partial charge is 0.340 e. The summed E-state index contributed by atoms with van der Waals surface area (Å²) in [5, 5.41) is 13.6. The van der Waals surface area contributed by atoms with Crippen LogP contribution in [0.4, 0.5) is 0 Å². The van der Waals surface area contributed by atoms with Crippen molar-refractivity contribution < 1.29 is 86.1 Å². The number of fused-ring (bicyclic) bond motifs is 5. The van der Waals surface area contributed by atoms with Gasteiger partial charge in [0.05, 0.1) is 28.7 Å². The Kier molecular flexibility index (Phi) is 12.6. The Bertz CT molecular complexity index is 2140. The molecule has 334 valence electrons. The normalized spacial score (nSPS) is 35.0. The van der Waals surface area contributed by atoms with Crippen LogP contribution in [0.1, 0.15) is 88.2 Å². The number of hydrogen-bond acceptors (Lipinski definition) is 19. The van der Waals surface area contributed by atoms with Gasteiger partial charge >= 0.3 is 47.8 Å². The number of aromatic nitrogens is 1. The lowest BCUT2D eigenvalue weighted by molar-refractivity contribution is -0.385. The van der Waals surface area contributed by atoms with Gasteiger partial charge in [-0.25, -0.2) is 9.59 Å². The number of nitrogens with zero attached hydrogens (tertiary/aromatic N) is 1. The van der Waals surface area contributed by atoms with Crippen molar-refractivity contribution in [3.8, 4) is 0 Å². The van der Waals surface area contributed by atoms with E-state index in [2.05, 4.69) is 4.98 Å². The second-order valence-corrected chi connectivity index (χ2v) is 16.4. The fraction of sp³-hybridized carbons (Fsp3) is 0.558. The number of pyridine rings is 1. The Morgan fingerprint density at radius 1 is 0.774 bits per heavy atom. The fourth-order valence-electron chi connectivity index (χ4n) is 9.74. The van der Waals surface area contributed by atoms with Crippen molar-refractivity contribution in [3.05, 3.63) is 65.5 Å². The molecule has 4 bridgehead atoms. The summed E-state index contributed by atoms with van der Waals surface area (Å²) in [5.74, 6) is -10.7. The first-order valence-corrected chi connectivity index (χ1v) is 19.9. The van der Waals surface area contributed by atoms with Gasteiger partial charge in [0.2, 0.25) is 0 Å². The van der Waals surface area contributed by atoms with Crippen molar-refractivity contribution in [2.75, 3.05) is 13.2 Å². The molecular weight excluding hydrogens is 818 g/mol. The molecule has 1 aromatic carbocycles. The molecule has 0 radical (unpaired) electrons. The van der Waals surface area contributed by atoms with E-state index in [-0.39, 0.29) is 29.7 Å². The van der Waals surface area contributed by atoms with Gasteiger partial charge in [-0.1, -0.05) is 25.1 Å². The standard InChI is InChI=1S/C43H49NO18/c1-21-16-17-29-28(15-12-18-44-29)39(52)55-19-40(7)30-31(56-23(3)46)35(59-26(6)49)42(20-54-22(2)45)36(61-38(51)27-13-10-9-11-14-27)32(57-24(4)47)34(60-37(21)50)41(8,53)43(42,62-40)33(30)58-25(5)48/h9-15,18,21,30-36,53H,16-17,19-20H2,1-8H3/t21-,30+,31-,32-,33+,34-,35+,36-,40-,41-,42+,43-/m0/s1. The number of hydrogen-bond donors (Lipinski definition) is 1. The quantitative estimate of drug-likeness (QED) is 0.295. The highest BCUT2D eigenvalue weighted by Crippen LogP contribution is 2.70. The number of carbonyl (C=O) groups excluding carboxylic acids is 8. The number of rotatable bonds is 8. The number of aryl methyl sites for hydroxylation is 1. The van der Waals surface area contributed by atoms with Gasteiger partial charge in [0.25, 0.3) is 0 Å². The largest absolute Gasteiger partial charge is 0.465 e. The molecular formula is C43H49NO18. The molecule has 12 atom stereocenters. The lowest BCUT2D eigenvalue weighted by Crippen LogP contribution is -2.89. The lowest BCUT2D eigenvalue weighted by Gasteiger charge is -2.67. The van der Waals surface area contributed by atoms with Crippen molar-refractivity contribution in [2.24, 2.45) is 17.3 Å². The molecule has 6 rings (SSSR count). The highest BCUT2D eigenvalue weighted by atomic mass is 16.7. The molecule has 19 heteroatoms. The molecule has 0 unspecified atom stereocenters. The van der Waals surface area contributed by atoms with Gasteiger partial charge in [0, 0.05) is 40.8 Å². The van der Waals surface area contributed by atoms with E-state index in [1.54, 1.807) is 6.07 Å². The highest BCUT2D eigenvalue weighted by Gasteiger charge is 2.92. The van der Waals surface area contributed by atoms with E-state index in [0.717, 1.165) is 41.5 Å². The molecule has 1 N–H and O–H groups in total. The van der Waals surface area contributed by atoms with Crippen LogP contribution in [0.3, 0.4) is 0 Å². The molecule has 2 saturated carbocycles. The zero-order valence-corrected chi connectivity index (χ0v) is 35.4. The van der Waals surface area contributed by atoms with Gasteiger partial charge in [-0.2, -0.15) is 0 Å². The van der Waals surface area contributed by atoms with Crippen LogP contribution in [0.25, 0.3) is 0 Å². The maximum absolute atomic E-state index is 14.4. The van der Waals surface area contributed by atoms with E-state index in [0.29, 0.717) is 0 Å². The topological polar surface area (TPSA) is 253 Å². The van der Waals surface area contributed by atoms with Crippen LogP contribution < -0.4 is 0 Å². The molecule has 1 saturated heterocycles. The molecule has 3 heterocycles. The van der Waals surface area contributed by atoms with Gasteiger partial charge in [-0.05, 0) is 51.0 Å². The van der Waals surface area contributed by atoms with E-state index in [9.17, 15) is 43.5 Å². The van der Waals surface area contributed by atoms with Crippen LogP contribution in [-0.2, 0) is 77.8 Å². The molecule has 2 aliphatic heterocycles. The van der Waals surface area contributed by atoms with E-state index in [1.807, 2.05) is 0 Å². The van der Waals surface area contributed by atoms with E-state index < -0.39 is 132 Å². The first-order valence-electron chi connectivity index (χ1n) is 19.9. The number of carbonyl (C=O) groups is 8. The van der Waals surface area contributed by atoms with Crippen molar-refractivity contribution >= 4 is 47.8 Å². The molecule has 0 amide bonds. The predicted octanol–water partition coefficient (Wildman–Crippen LogP) is 2.16. The third kappa shape index (κ3) is 7.76. The Labute approximate surface area is 355 Å². The Balaban J connectivity index is 1.79. The average Bonchev–Trinajstić information content (AvgIpc) is 3.41. The van der Waals surface area contributed by atoms with E-state index in [1.165, 1.54) is 56.4 Å². The number of aliphatic hydroxyl groups is 1. The summed E-state index contributed by atoms with van der Waals surface area (Å²) < 4.78 is 55.4. The minimum Gasteiger partial charge on any atom is -0.465 e. The number of ether oxygens (including phenoxy) is 9. The van der Waals surface area contributed by atoms with Crippen LogP contribution in [-0.4, -0.2) is 124 Å². The summed E-state index contributed by atoms with van der Waals surface area (Å²) in [4.78, 5) is 113. The summed E-state index contributed by atoms with van der Waals surface area (Å²) in [5.41, 5.74) is -10.2.